The van der Waals surface area contributed by atoms with Gasteiger partial charge in [0.15, 0.2) is 9.84 Å². The topological polar surface area (TPSA) is 120 Å². The average Bonchev–Trinajstić information content (AvgIpc) is 2.76. The standard InChI is InChI=1S/C22H17Cl2F3N2O6S2/c1-35-19-6-3-12(11-36(2,31)32)7-15(19)21(30)20-18(8-13(23)10-28-20)29-37(33,34)14-4-5-17(24)16(9-14)22(25,26)27/h3-10,29H,11H2,1-2H3. The summed E-state index contributed by atoms with van der Waals surface area (Å²) in [6, 6.07) is 7.09. The number of halogens is 5. The molecular weight excluding hydrogens is 580 g/mol. The molecule has 0 aliphatic rings. The molecule has 1 heterocycles. The number of nitrogens with zero attached hydrogens (tertiary/aromatic N) is 1. The first-order valence-electron chi connectivity index (χ1n) is 9.96. The van der Waals surface area contributed by atoms with E-state index < -0.39 is 58.7 Å². The van der Waals surface area contributed by atoms with Crippen LogP contribution in [0.4, 0.5) is 18.9 Å². The monoisotopic (exact) mass is 596 g/mol. The van der Waals surface area contributed by atoms with Gasteiger partial charge in [-0.05, 0) is 42.0 Å². The molecule has 0 unspecified atom stereocenters. The number of aromatic nitrogens is 1. The van der Waals surface area contributed by atoms with Crippen LogP contribution in [0.5, 0.6) is 5.75 Å². The Hall–Kier alpha value is -2.87. The molecule has 3 aromatic rings. The fourth-order valence-electron chi connectivity index (χ4n) is 3.24. The highest BCUT2D eigenvalue weighted by molar-refractivity contribution is 7.92. The average molecular weight is 597 g/mol. The molecule has 0 fully saturated rings. The number of hydrogen-bond donors (Lipinski definition) is 1. The summed E-state index contributed by atoms with van der Waals surface area (Å²) in [4.78, 5) is 16.5. The fourth-order valence-corrected chi connectivity index (χ4v) is 5.49. The van der Waals surface area contributed by atoms with Crippen molar-refractivity contribution in [2.45, 2.75) is 16.8 Å². The van der Waals surface area contributed by atoms with Gasteiger partial charge in [-0.25, -0.2) is 21.8 Å². The summed E-state index contributed by atoms with van der Waals surface area (Å²) >= 11 is 11.5. The van der Waals surface area contributed by atoms with Gasteiger partial charge in [-0.3, -0.25) is 9.52 Å². The second kappa shape index (κ2) is 10.5. The molecule has 0 atom stereocenters. The maximum absolute atomic E-state index is 13.4. The number of carbonyl (C=O) groups excluding carboxylic acids is 1. The molecule has 0 aliphatic heterocycles. The van der Waals surface area contributed by atoms with Gasteiger partial charge in [-0.15, -0.1) is 0 Å². The number of nitrogens with one attached hydrogen (secondary N) is 1. The van der Waals surface area contributed by atoms with Crippen LogP contribution < -0.4 is 9.46 Å². The highest BCUT2D eigenvalue weighted by Gasteiger charge is 2.35. The summed E-state index contributed by atoms with van der Waals surface area (Å²) in [5.74, 6) is -1.21. The molecule has 198 valence electrons. The SMILES string of the molecule is COc1ccc(CS(C)(=O)=O)cc1C(=O)c1ncc(Cl)cc1NS(=O)(=O)c1ccc(Cl)c(C(F)(F)F)c1. The minimum absolute atomic E-state index is 0.0420. The number of carbonyl (C=O) groups is 1. The Bertz CT molecular complexity index is 1590. The van der Waals surface area contributed by atoms with E-state index in [0.717, 1.165) is 30.7 Å². The van der Waals surface area contributed by atoms with Crippen molar-refractivity contribution in [1.29, 1.82) is 0 Å². The van der Waals surface area contributed by atoms with Crippen LogP contribution in [0.3, 0.4) is 0 Å². The third-order valence-corrected chi connectivity index (χ3v) is 7.56. The molecule has 0 amide bonds. The van der Waals surface area contributed by atoms with Crippen LogP contribution in [-0.2, 0) is 31.8 Å². The summed E-state index contributed by atoms with van der Waals surface area (Å²) in [6.45, 7) is 0. The predicted molar refractivity (Wildman–Crippen MR) is 131 cm³/mol. The highest BCUT2D eigenvalue weighted by Crippen LogP contribution is 2.36. The van der Waals surface area contributed by atoms with Crippen molar-refractivity contribution < 1.29 is 39.5 Å². The molecule has 8 nitrogen and oxygen atoms in total. The lowest BCUT2D eigenvalue weighted by molar-refractivity contribution is -0.137. The van der Waals surface area contributed by atoms with E-state index in [-0.39, 0.29) is 27.7 Å². The largest absolute Gasteiger partial charge is 0.496 e. The number of ketones is 1. The molecule has 0 radical (unpaired) electrons. The Morgan fingerprint density at radius 1 is 1.05 bits per heavy atom. The third-order valence-electron chi connectivity index (χ3n) is 4.80. The second-order valence-corrected chi connectivity index (χ2v) is 12.4. The quantitative estimate of drug-likeness (QED) is 0.364. The van der Waals surface area contributed by atoms with Gasteiger partial charge < -0.3 is 4.74 Å². The Labute approximate surface area is 220 Å². The van der Waals surface area contributed by atoms with E-state index in [1.165, 1.54) is 25.3 Å². The van der Waals surface area contributed by atoms with Gasteiger partial charge in [0.2, 0.25) is 5.78 Å². The molecule has 15 heteroatoms. The van der Waals surface area contributed by atoms with Crippen molar-refractivity contribution in [2.75, 3.05) is 18.1 Å². The number of hydrogen-bond acceptors (Lipinski definition) is 7. The predicted octanol–water partition coefficient (Wildman–Crippen LogP) is 4.99. The maximum atomic E-state index is 13.4. The second-order valence-electron chi connectivity index (χ2n) is 7.73. The molecule has 0 aliphatic carbocycles. The summed E-state index contributed by atoms with van der Waals surface area (Å²) in [7, 11) is -6.88. The molecule has 0 saturated heterocycles. The van der Waals surface area contributed by atoms with Crippen molar-refractivity contribution >= 4 is 54.5 Å². The van der Waals surface area contributed by atoms with Gasteiger partial charge in [0.1, 0.15) is 11.4 Å². The zero-order valence-corrected chi connectivity index (χ0v) is 22.1. The Kier molecular flexibility index (Phi) is 8.13. The highest BCUT2D eigenvalue weighted by atomic mass is 35.5. The number of anilines is 1. The van der Waals surface area contributed by atoms with Crippen LogP contribution in [0, 0.1) is 0 Å². The summed E-state index contributed by atoms with van der Waals surface area (Å²) < 4.78 is 96.2. The first-order chi connectivity index (χ1) is 17.0. The normalized spacial score (nSPS) is 12.3. The van der Waals surface area contributed by atoms with Crippen molar-refractivity contribution in [3.8, 4) is 5.75 Å². The van der Waals surface area contributed by atoms with E-state index in [2.05, 4.69) is 4.98 Å². The third kappa shape index (κ3) is 6.92. The van der Waals surface area contributed by atoms with Crippen LogP contribution >= 0.6 is 23.2 Å². The molecule has 1 aromatic heterocycles. The first-order valence-corrected chi connectivity index (χ1v) is 14.3. The van der Waals surface area contributed by atoms with Gasteiger partial charge in [-0.1, -0.05) is 29.3 Å². The number of methoxy groups -OCH3 is 1. The fraction of sp³-hybridized carbons (Fsp3) is 0.182. The van der Waals surface area contributed by atoms with Gasteiger partial charge in [0, 0.05) is 12.5 Å². The molecule has 2 aromatic carbocycles. The van der Waals surface area contributed by atoms with Gasteiger partial charge in [-0.2, -0.15) is 13.2 Å². The van der Waals surface area contributed by atoms with E-state index in [9.17, 15) is 34.8 Å². The Morgan fingerprint density at radius 2 is 1.73 bits per heavy atom. The maximum Gasteiger partial charge on any atom is 0.417 e. The van der Waals surface area contributed by atoms with Crippen molar-refractivity contribution in [3.05, 3.63) is 81.1 Å². The van der Waals surface area contributed by atoms with E-state index >= 15 is 0 Å². The van der Waals surface area contributed by atoms with Crippen LogP contribution in [0.15, 0.2) is 53.6 Å². The zero-order valence-electron chi connectivity index (χ0n) is 18.9. The number of ether oxygens (including phenoxy) is 1. The number of sulfone groups is 1. The van der Waals surface area contributed by atoms with Crippen LogP contribution in [0.25, 0.3) is 0 Å². The number of rotatable bonds is 8. The van der Waals surface area contributed by atoms with Crippen molar-refractivity contribution in [1.82, 2.24) is 4.98 Å². The molecule has 0 saturated carbocycles. The van der Waals surface area contributed by atoms with Crippen molar-refractivity contribution in [3.63, 3.8) is 0 Å². The minimum Gasteiger partial charge on any atom is -0.496 e. The van der Waals surface area contributed by atoms with Crippen molar-refractivity contribution in [2.24, 2.45) is 0 Å². The first kappa shape index (κ1) is 28.7. The van der Waals surface area contributed by atoms with E-state index in [1.807, 2.05) is 4.72 Å². The number of pyridine rings is 1. The molecule has 0 spiro atoms. The van der Waals surface area contributed by atoms with Gasteiger partial charge in [0.05, 0.1) is 44.6 Å². The lowest BCUT2D eigenvalue weighted by atomic mass is 10.0. The van der Waals surface area contributed by atoms with Crippen LogP contribution in [-0.4, -0.2) is 41.0 Å². The van der Waals surface area contributed by atoms with E-state index in [1.54, 1.807) is 0 Å². The molecule has 0 bridgehead atoms. The Balaban J connectivity index is 2.09. The van der Waals surface area contributed by atoms with Crippen LogP contribution in [0.2, 0.25) is 10.0 Å². The minimum atomic E-state index is -4.92. The number of benzene rings is 2. The zero-order chi connectivity index (χ0) is 27.8. The van der Waals surface area contributed by atoms with E-state index in [0.29, 0.717) is 6.07 Å². The summed E-state index contributed by atoms with van der Waals surface area (Å²) in [5.41, 5.74) is -2.15. The lowest BCUT2D eigenvalue weighted by Crippen LogP contribution is -2.18. The number of sulfonamides is 1. The molecule has 1 N–H and O–H groups in total. The molecular formula is C22H17Cl2F3N2O6S2. The van der Waals surface area contributed by atoms with Crippen LogP contribution in [0.1, 0.15) is 27.2 Å². The van der Waals surface area contributed by atoms with Gasteiger partial charge >= 0.3 is 6.18 Å². The molecule has 37 heavy (non-hydrogen) atoms. The molecule has 3 rings (SSSR count). The Morgan fingerprint density at radius 3 is 2.32 bits per heavy atom. The lowest BCUT2D eigenvalue weighted by Gasteiger charge is -2.15. The van der Waals surface area contributed by atoms with Gasteiger partial charge in [0.25, 0.3) is 10.0 Å². The number of alkyl halides is 3. The smallest absolute Gasteiger partial charge is 0.417 e. The summed E-state index contributed by atoms with van der Waals surface area (Å²) in [5, 5.41) is -0.785. The van der Waals surface area contributed by atoms with E-state index in [4.69, 9.17) is 27.9 Å². The summed E-state index contributed by atoms with van der Waals surface area (Å²) in [6.07, 6.45) is -2.86.